The molecule has 1 aliphatic rings. The van der Waals surface area contributed by atoms with Crippen molar-refractivity contribution in [3.05, 3.63) is 57.2 Å². The van der Waals surface area contributed by atoms with Gasteiger partial charge in [-0.25, -0.2) is 0 Å². The molecule has 0 fully saturated rings. The van der Waals surface area contributed by atoms with Crippen LogP contribution in [-0.4, -0.2) is 12.7 Å². The molecule has 0 atom stereocenters. The zero-order valence-electron chi connectivity index (χ0n) is 11.9. The maximum absolute atomic E-state index is 12.0. The van der Waals surface area contributed by atoms with Gasteiger partial charge in [0.2, 0.25) is 12.7 Å². The Balaban J connectivity index is 1.67. The summed E-state index contributed by atoms with van der Waals surface area (Å²) in [7, 11) is 0. The van der Waals surface area contributed by atoms with Crippen LogP contribution in [0, 0.1) is 10.5 Å². The lowest BCUT2D eigenvalue weighted by Crippen LogP contribution is -2.07. The average molecular weight is 407 g/mol. The van der Waals surface area contributed by atoms with E-state index in [4.69, 9.17) is 9.47 Å². The number of ether oxygens (including phenoxy) is 2. The number of nitrogens with one attached hydrogen (secondary N) is 1. The number of halogens is 1. The summed E-state index contributed by atoms with van der Waals surface area (Å²) in [6.07, 6.45) is 3.25. The van der Waals surface area contributed by atoms with Gasteiger partial charge in [0, 0.05) is 15.3 Å². The zero-order valence-corrected chi connectivity index (χ0v) is 14.1. The van der Waals surface area contributed by atoms with Gasteiger partial charge in [0.15, 0.2) is 11.5 Å². The monoisotopic (exact) mass is 407 g/mol. The van der Waals surface area contributed by atoms with E-state index in [2.05, 4.69) is 27.9 Å². The van der Waals surface area contributed by atoms with Gasteiger partial charge in [0.05, 0.1) is 0 Å². The van der Waals surface area contributed by atoms with Crippen molar-refractivity contribution in [2.75, 3.05) is 12.1 Å². The summed E-state index contributed by atoms with van der Waals surface area (Å²) < 4.78 is 11.7. The van der Waals surface area contributed by atoms with Crippen molar-refractivity contribution in [2.24, 2.45) is 0 Å². The molecule has 4 nitrogen and oxygen atoms in total. The van der Waals surface area contributed by atoms with Crippen molar-refractivity contribution in [2.45, 2.75) is 6.92 Å². The minimum Gasteiger partial charge on any atom is -0.454 e. The molecule has 1 amide bonds. The molecule has 22 heavy (non-hydrogen) atoms. The molecule has 0 unspecified atom stereocenters. The van der Waals surface area contributed by atoms with Crippen LogP contribution in [0.5, 0.6) is 11.5 Å². The van der Waals surface area contributed by atoms with E-state index in [0.717, 1.165) is 20.6 Å². The van der Waals surface area contributed by atoms with Crippen LogP contribution in [-0.2, 0) is 4.79 Å². The summed E-state index contributed by atoms with van der Waals surface area (Å²) in [5.74, 6) is 1.27. The third kappa shape index (κ3) is 3.41. The summed E-state index contributed by atoms with van der Waals surface area (Å²) in [4.78, 5) is 12.0. The van der Waals surface area contributed by atoms with E-state index in [0.29, 0.717) is 5.75 Å². The average Bonchev–Trinajstić information content (AvgIpc) is 2.96. The Morgan fingerprint density at radius 1 is 1.18 bits per heavy atom. The Labute approximate surface area is 142 Å². The highest BCUT2D eigenvalue weighted by Crippen LogP contribution is 2.32. The van der Waals surface area contributed by atoms with Crippen molar-refractivity contribution in [3.8, 4) is 11.5 Å². The lowest BCUT2D eigenvalue weighted by atomic mass is 10.2. The number of rotatable bonds is 3. The molecule has 2 aromatic rings. The molecule has 0 aliphatic carbocycles. The van der Waals surface area contributed by atoms with Crippen molar-refractivity contribution in [1.29, 1.82) is 0 Å². The Bertz CT molecular complexity index is 756. The maximum atomic E-state index is 12.0. The van der Waals surface area contributed by atoms with Gasteiger partial charge in [0.25, 0.3) is 0 Å². The highest BCUT2D eigenvalue weighted by atomic mass is 127. The first-order valence-corrected chi connectivity index (χ1v) is 7.84. The summed E-state index contributed by atoms with van der Waals surface area (Å²) in [6.45, 7) is 2.28. The van der Waals surface area contributed by atoms with Crippen LogP contribution >= 0.6 is 22.6 Å². The third-order valence-electron chi connectivity index (χ3n) is 3.26. The molecule has 3 rings (SSSR count). The topological polar surface area (TPSA) is 47.6 Å². The quantitative estimate of drug-likeness (QED) is 0.619. The summed E-state index contributed by atoms with van der Waals surface area (Å²) in [5.41, 5.74) is 2.86. The second-order valence-electron chi connectivity index (χ2n) is 4.90. The molecular formula is C17H14INO3. The molecule has 0 spiro atoms. The van der Waals surface area contributed by atoms with Gasteiger partial charge >= 0.3 is 0 Å². The molecule has 0 saturated heterocycles. The summed E-state index contributed by atoms with van der Waals surface area (Å²) in [5, 5.41) is 2.85. The Hall–Kier alpha value is -2.02. The first kappa shape index (κ1) is 14.9. The van der Waals surface area contributed by atoms with Gasteiger partial charge in [-0.05, 0) is 71.0 Å². The molecule has 0 saturated carbocycles. The maximum Gasteiger partial charge on any atom is 0.248 e. The molecule has 2 aromatic carbocycles. The molecular weight excluding hydrogens is 393 g/mol. The number of fused-ring (bicyclic) bond motifs is 1. The lowest BCUT2D eigenvalue weighted by Gasteiger charge is -2.04. The number of amides is 1. The van der Waals surface area contributed by atoms with E-state index in [1.807, 2.05) is 43.3 Å². The number of hydrogen-bond acceptors (Lipinski definition) is 3. The standard InChI is InChI=1S/C17H14INO3/c1-11-2-5-13(9-14(11)18)19-17(20)7-4-12-3-6-15-16(8-12)22-10-21-15/h2-9H,10H2,1H3,(H,19,20)/b7-4+. The van der Waals surface area contributed by atoms with Crippen LogP contribution in [0.3, 0.4) is 0 Å². The molecule has 0 aromatic heterocycles. The summed E-state index contributed by atoms with van der Waals surface area (Å²) >= 11 is 2.25. The van der Waals surface area contributed by atoms with E-state index in [-0.39, 0.29) is 12.7 Å². The van der Waals surface area contributed by atoms with Crippen LogP contribution in [0.15, 0.2) is 42.5 Å². The first-order chi connectivity index (χ1) is 10.6. The van der Waals surface area contributed by atoms with Crippen LogP contribution in [0.2, 0.25) is 0 Å². The van der Waals surface area contributed by atoms with Gasteiger partial charge in [-0.15, -0.1) is 0 Å². The third-order valence-corrected chi connectivity index (χ3v) is 4.43. The van der Waals surface area contributed by atoms with Crippen molar-refractivity contribution in [1.82, 2.24) is 0 Å². The van der Waals surface area contributed by atoms with E-state index in [1.165, 1.54) is 11.6 Å². The van der Waals surface area contributed by atoms with Gasteiger partial charge < -0.3 is 14.8 Å². The SMILES string of the molecule is Cc1ccc(NC(=O)/C=C/c2ccc3c(c2)OCO3)cc1I. The van der Waals surface area contributed by atoms with Crippen LogP contribution in [0.25, 0.3) is 6.08 Å². The second-order valence-corrected chi connectivity index (χ2v) is 6.06. The predicted molar refractivity (Wildman–Crippen MR) is 94.1 cm³/mol. The first-order valence-electron chi connectivity index (χ1n) is 6.77. The van der Waals surface area contributed by atoms with E-state index in [1.54, 1.807) is 6.08 Å². The van der Waals surface area contributed by atoms with Crippen LogP contribution in [0.4, 0.5) is 5.69 Å². The fourth-order valence-electron chi connectivity index (χ4n) is 2.04. The molecule has 1 heterocycles. The van der Waals surface area contributed by atoms with Crippen LogP contribution < -0.4 is 14.8 Å². The van der Waals surface area contributed by atoms with Crippen molar-refractivity contribution < 1.29 is 14.3 Å². The number of aryl methyl sites for hydroxylation is 1. The molecule has 5 heteroatoms. The Morgan fingerprint density at radius 3 is 2.82 bits per heavy atom. The highest BCUT2D eigenvalue weighted by Gasteiger charge is 2.12. The summed E-state index contributed by atoms with van der Waals surface area (Å²) in [6, 6.07) is 11.4. The van der Waals surface area contributed by atoms with Gasteiger partial charge in [-0.3, -0.25) is 4.79 Å². The number of carbonyl (C=O) groups is 1. The number of anilines is 1. The number of hydrogen-bond donors (Lipinski definition) is 1. The van der Waals surface area contributed by atoms with Gasteiger partial charge in [-0.2, -0.15) is 0 Å². The molecule has 1 N–H and O–H groups in total. The van der Waals surface area contributed by atoms with Gasteiger partial charge in [-0.1, -0.05) is 12.1 Å². The smallest absolute Gasteiger partial charge is 0.248 e. The fraction of sp³-hybridized carbons (Fsp3) is 0.118. The zero-order chi connectivity index (χ0) is 15.5. The van der Waals surface area contributed by atoms with Gasteiger partial charge in [0.1, 0.15) is 0 Å². The minimum atomic E-state index is -0.169. The van der Waals surface area contributed by atoms with Crippen molar-refractivity contribution in [3.63, 3.8) is 0 Å². The fourth-order valence-corrected chi connectivity index (χ4v) is 2.56. The minimum absolute atomic E-state index is 0.169. The normalized spacial score (nSPS) is 12.6. The Morgan fingerprint density at radius 2 is 2.00 bits per heavy atom. The number of benzene rings is 2. The predicted octanol–water partition coefficient (Wildman–Crippen LogP) is 3.98. The molecule has 112 valence electrons. The van der Waals surface area contributed by atoms with Crippen molar-refractivity contribution >= 4 is 40.3 Å². The number of carbonyl (C=O) groups excluding carboxylic acids is 1. The van der Waals surface area contributed by atoms with E-state index >= 15 is 0 Å². The lowest BCUT2D eigenvalue weighted by molar-refractivity contribution is -0.111. The molecule has 0 radical (unpaired) electrons. The second kappa shape index (κ2) is 6.39. The highest BCUT2D eigenvalue weighted by molar-refractivity contribution is 14.1. The van der Waals surface area contributed by atoms with Crippen LogP contribution in [0.1, 0.15) is 11.1 Å². The Kier molecular flexibility index (Phi) is 4.33. The molecule has 0 bridgehead atoms. The van der Waals surface area contributed by atoms with E-state index in [9.17, 15) is 4.79 Å². The largest absolute Gasteiger partial charge is 0.454 e. The van der Waals surface area contributed by atoms with E-state index < -0.39 is 0 Å². The molecule has 1 aliphatic heterocycles.